The summed E-state index contributed by atoms with van der Waals surface area (Å²) >= 11 is 0. The Balaban J connectivity index is 2.25. The summed E-state index contributed by atoms with van der Waals surface area (Å²) in [5, 5.41) is 2.07. The predicted molar refractivity (Wildman–Crippen MR) is 64.5 cm³/mol. The lowest BCUT2D eigenvalue weighted by molar-refractivity contribution is -0.116. The molecule has 4 nitrogen and oxygen atoms in total. The Bertz CT molecular complexity index is 412. The smallest absolute Gasteiger partial charge is 0.414 e. The van der Waals surface area contributed by atoms with Gasteiger partial charge in [-0.05, 0) is 12.5 Å². The van der Waals surface area contributed by atoms with Crippen molar-refractivity contribution in [3.63, 3.8) is 0 Å². The lowest BCUT2D eigenvalue weighted by Gasteiger charge is -2.05. The molecular weight excluding hydrogens is 218 g/mol. The normalized spacial score (nSPS) is 9.47. The third-order valence-electron chi connectivity index (χ3n) is 2.07. The number of hydrogen-bond acceptors (Lipinski definition) is 3. The van der Waals surface area contributed by atoms with Crippen LogP contribution in [0.25, 0.3) is 0 Å². The molecule has 0 atom stereocenters. The lowest BCUT2D eigenvalue weighted by Crippen LogP contribution is -2.31. The highest BCUT2D eigenvalue weighted by Gasteiger charge is 2.08. The van der Waals surface area contributed by atoms with Crippen LogP contribution in [0.4, 0.5) is 4.79 Å². The summed E-state index contributed by atoms with van der Waals surface area (Å²) in [4.78, 5) is 22.2. The van der Waals surface area contributed by atoms with E-state index >= 15 is 0 Å². The molecular formula is C13H15NO3. The quantitative estimate of drug-likeness (QED) is 0.810. The number of rotatable bonds is 4. The molecule has 1 aromatic rings. The van der Waals surface area contributed by atoms with E-state index in [1.54, 1.807) is 0 Å². The number of amides is 2. The zero-order chi connectivity index (χ0) is 12.7. The highest BCUT2D eigenvalue weighted by atomic mass is 16.5. The van der Waals surface area contributed by atoms with Crippen molar-refractivity contribution in [1.29, 1.82) is 0 Å². The molecule has 0 saturated heterocycles. The molecule has 0 radical (unpaired) electrons. The van der Waals surface area contributed by atoms with E-state index in [-0.39, 0.29) is 12.2 Å². The molecule has 1 N–H and O–H groups in total. The van der Waals surface area contributed by atoms with E-state index in [2.05, 4.69) is 11.9 Å². The molecule has 4 heteroatoms. The molecule has 1 aromatic carbocycles. The van der Waals surface area contributed by atoms with E-state index in [9.17, 15) is 9.59 Å². The molecule has 0 unspecified atom stereocenters. The minimum Gasteiger partial charge on any atom is -0.449 e. The van der Waals surface area contributed by atoms with Crippen molar-refractivity contribution in [2.24, 2.45) is 0 Å². The van der Waals surface area contributed by atoms with Gasteiger partial charge in [-0.15, -0.1) is 0 Å². The Morgan fingerprint density at radius 2 is 1.94 bits per heavy atom. The number of imide groups is 1. The maximum Gasteiger partial charge on any atom is 0.414 e. The first-order chi connectivity index (χ1) is 8.09. The Morgan fingerprint density at radius 3 is 2.53 bits per heavy atom. The van der Waals surface area contributed by atoms with Gasteiger partial charge in [0.15, 0.2) is 0 Å². The number of carbonyl (C=O) groups is 2. The second-order valence-corrected chi connectivity index (χ2v) is 3.61. The maximum absolute atomic E-state index is 11.2. The van der Waals surface area contributed by atoms with E-state index < -0.39 is 12.0 Å². The van der Waals surface area contributed by atoms with Crippen molar-refractivity contribution in [3.05, 3.63) is 48.0 Å². The topological polar surface area (TPSA) is 55.4 Å². The SMILES string of the molecule is C=C(C)C(=O)NC(=O)OCCc1ccccc1. The molecule has 0 saturated carbocycles. The largest absolute Gasteiger partial charge is 0.449 e. The van der Waals surface area contributed by atoms with Crippen LogP contribution in [0.15, 0.2) is 42.5 Å². The van der Waals surface area contributed by atoms with Gasteiger partial charge < -0.3 is 4.74 Å². The van der Waals surface area contributed by atoms with E-state index in [0.29, 0.717) is 6.42 Å². The molecule has 0 spiro atoms. The second-order valence-electron chi connectivity index (χ2n) is 3.61. The van der Waals surface area contributed by atoms with Gasteiger partial charge in [-0.2, -0.15) is 0 Å². The molecule has 0 aromatic heterocycles. The molecule has 0 aliphatic carbocycles. The van der Waals surface area contributed by atoms with Gasteiger partial charge >= 0.3 is 6.09 Å². The van der Waals surface area contributed by atoms with E-state index in [0.717, 1.165) is 5.56 Å². The molecule has 17 heavy (non-hydrogen) atoms. The zero-order valence-electron chi connectivity index (χ0n) is 9.73. The van der Waals surface area contributed by atoms with Crippen LogP contribution in [0.1, 0.15) is 12.5 Å². The summed E-state index contributed by atoms with van der Waals surface area (Å²) in [6, 6.07) is 9.64. The van der Waals surface area contributed by atoms with Crippen LogP contribution in [0.3, 0.4) is 0 Å². The average Bonchev–Trinajstić information content (AvgIpc) is 2.30. The van der Waals surface area contributed by atoms with Gasteiger partial charge in [0.2, 0.25) is 0 Å². The van der Waals surface area contributed by atoms with Gasteiger partial charge in [0.1, 0.15) is 0 Å². The molecule has 0 aliphatic heterocycles. The summed E-state index contributed by atoms with van der Waals surface area (Å²) in [6.45, 7) is 5.17. The average molecular weight is 233 g/mol. The van der Waals surface area contributed by atoms with Crippen LogP contribution in [-0.4, -0.2) is 18.6 Å². The number of ether oxygens (including phenoxy) is 1. The third kappa shape index (κ3) is 4.97. The van der Waals surface area contributed by atoms with Crippen LogP contribution in [0.5, 0.6) is 0 Å². The molecule has 1 rings (SSSR count). The van der Waals surface area contributed by atoms with Crippen LogP contribution < -0.4 is 5.32 Å². The minimum absolute atomic E-state index is 0.235. The third-order valence-corrected chi connectivity index (χ3v) is 2.07. The molecule has 90 valence electrons. The summed E-state index contributed by atoms with van der Waals surface area (Å²) < 4.78 is 4.85. The number of alkyl carbamates (subject to hydrolysis) is 1. The van der Waals surface area contributed by atoms with Crippen LogP contribution in [0, 0.1) is 0 Å². The van der Waals surface area contributed by atoms with Gasteiger partial charge in [-0.1, -0.05) is 36.9 Å². The number of benzene rings is 1. The first-order valence-electron chi connectivity index (χ1n) is 5.27. The van der Waals surface area contributed by atoms with Gasteiger partial charge in [-0.3, -0.25) is 10.1 Å². The summed E-state index contributed by atoms with van der Waals surface area (Å²) in [7, 11) is 0. The van der Waals surface area contributed by atoms with Gasteiger partial charge in [-0.25, -0.2) is 4.79 Å². The Kier molecular flexibility index (Phi) is 4.94. The maximum atomic E-state index is 11.2. The fourth-order valence-corrected chi connectivity index (χ4v) is 1.14. The van der Waals surface area contributed by atoms with Crippen molar-refractivity contribution in [3.8, 4) is 0 Å². The standard InChI is InChI=1S/C13H15NO3/c1-10(2)12(15)14-13(16)17-9-8-11-6-4-3-5-7-11/h3-7H,1,8-9H2,2H3,(H,14,15,16). The number of carbonyl (C=O) groups excluding carboxylic acids is 2. The Hall–Kier alpha value is -2.10. The molecule has 2 amide bonds. The van der Waals surface area contributed by atoms with E-state index in [4.69, 9.17) is 4.74 Å². The fraction of sp³-hybridized carbons (Fsp3) is 0.231. The van der Waals surface area contributed by atoms with Gasteiger partial charge in [0, 0.05) is 12.0 Å². The predicted octanol–water partition coefficient (Wildman–Crippen LogP) is 2.06. The summed E-state index contributed by atoms with van der Waals surface area (Å²) in [6.07, 6.45) is -0.121. The molecule has 0 heterocycles. The zero-order valence-corrected chi connectivity index (χ0v) is 9.73. The first kappa shape index (κ1) is 13.0. The molecule has 0 aliphatic rings. The van der Waals surface area contributed by atoms with Gasteiger partial charge in [0.05, 0.1) is 6.61 Å². The number of nitrogens with one attached hydrogen (secondary N) is 1. The van der Waals surface area contributed by atoms with E-state index in [1.807, 2.05) is 30.3 Å². The number of hydrogen-bond donors (Lipinski definition) is 1. The van der Waals surface area contributed by atoms with Crippen molar-refractivity contribution < 1.29 is 14.3 Å². The monoisotopic (exact) mass is 233 g/mol. The fourth-order valence-electron chi connectivity index (χ4n) is 1.14. The lowest BCUT2D eigenvalue weighted by atomic mass is 10.2. The highest BCUT2D eigenvalue weighted by molar-refractivity contribution is 6.01. The first-order valence-corrected chi connectivity index (χ1v) is 5.27. The van der Waals surface area contributed by atoms with Crippen LogP contribution in [0.2, 0.25) is 0 Å². The summed E-state index contributed by atoms with van der Waals surface area (Å²) in [5.74, 6) is -0.519. The van der Waals surface area contributed by atoms with Crippen LogP contribution >= 0.6 is 0 Å². The molecule has 0 bridgehead atoms. The minimum atomic E-state index is -0.742. The van der Waals surface area contributed by atoms with Crippen molar-refractivity contribution in [2.45, 2.75) is 13.3 Å². The summed E-state index contributed by atoms with van der Waals surface area (Å²) in [5.41, 5.74) is 1.34. The Labute approximate surface area is 100 Å². The second kappa shape index (κ2) is 6.48. The Morgan fingerprint density at radius 1 is 1.29 bits per heavy atom. The van der Waals surface area contributed by atoms with Gasteiger partial charge in [0.25, 0.3) is 5.91 Å². The van der Waals surface area contributed by atoms with Crippen LogP contribution in [-0.2, 0) is 16.0 Å². The van der Waals surface area contributed by atoms with Crippen molar-refractivity contribution in [2.75, 3.05) is 6.61 Å². The van der Waals surface area contributed by atoms with E-state index in [1.165, 1.54) is 6.92 Å². The highest BCUT2D eigenvalue weighted by Crippen LogP contribution is 1.99. The molecule has 0 fully saturated rings. The van der Waals surface area contributed by atoms with Crippen molar-refractivity contribution >= 4 is 12.0 Å². The van der Waals surface area contributed by atoms with Crippen molar-refractivity contribution in [1.82, 2.24) is 5.32 Å².